The maximum atomic E-state index is 9.56. The van der Waals surface area contributed by atoms with E-state index < -0.39 is 0 Å². The molecule has 1 heterocycles. The SMILES string of the molecule is CC(CC(C)(CO)NC1CC1)n1cc(Br)cn1. The van der Waals surface area contributed by atoms with Crippen LogP contribution in [0.4, 0.5) is 0 Å². The van der Waals surface area contributed by atoms with Gasteiger partial charge >= 0.3 is 0 Å². The molecule has 1 saturated carbocycles. The molecule has 1 aliphatic rings. The summed E-state index contributed by atoms with van der Waals surface area (Å²) >= 11 is 3.40. The Hall–Kier alpha value is -0.390. The van der Waals surface area contributed by atoms with Gasteiger partial charge in [-0.3, -0.25) is 4.68 Å². The van der Waals surface area contributed by atoms with E-state index >= 15 is 0 Å². The quantitative estimate of drug-likeness (QED) is 0.846. The predicted octanol–water partition coefficient (Wildman–Crippen LogP) is 2.10. The minimum absolute atomic E-state index is 0.163. The monoisotopic (exact) mass is 301 g/mol. The molecule has 1 aromatic heterocycles. The van der Waals surface area contributed by atoms with Gasteiger partial charge in [-0.25, -0.2) is 0 Å². The van der Waals surface area contributed by atoms with Crippen LogP contribution >= 0.6 is 15.9 Å². The Morgan fingerprint density at radius 3 is 2.88 bits per heavy atom. The minimum atomic E-state index is -0.209. The summed E-state index contributed by atoms with van der Waals surface area (Å²) in [5.41, 5.74) is -0.209. The smallest absolute Gasteiger partial charge is 0.0632 e. The van der Waals surface area contributed by atoms with Crippen molar-refractivity contribution in [1.82, 2.24) is 15.1 Å². The maximum absolute atomic E-state index is 9.56. The van der Waals surface area contributed by atoms with E-state index in [4.69, 9.17) is 0 Å². The van der Waals surface area contributed by atoms with Crippen LogP contribution in [-0.4, -0.2) is 33.1 Å². The lowest BCUT2D eigenvalue weighted by Gasteiger charge is -2.31. The first-order valence-electron chi connectivity index (χ1n) is 6.11. The third kappa shape index (κ3) is 3.53. The summed E-state index contributed by atoms with van der Waals surface area (Å²) in [5.74, 6) is 0. The van der Waals surface area contributed by atoms with E-state index in [0.717, 1.165) is 10.9 Å². The second-order valence-electron chi connectivity index (χ2n) is 5.33. The highest BCUT2D eigenvalue weighted by Crippen LogP contribution is 2.27. The van der Waals surface area contributed by atoms with Crippen LogP contribution in [-0.2, 0) is 0 Å². The third-order valence-corrected chi connectivity index (χ3v) is 3.66. The molecule has 0 radical (unpaired) electrons. The first kappa shape index (κ1) is 13.1. The van der Waals surface area contributed by atoms with Crippen LogP contribution in [0.25, 0.3) is 0 Å². The molecule has 17 heavy (non-hydrogen) atoms. The van der Waals surface area contributed by atoms with Crippen molar-refractivity contribution in [2.24, 2.45) is 0 Å². The molecule has 0 aromatic carbocycles. The van der Waals surface area contributed by atoms with Crippen molar-refractivity contribution in [3.63, 3.8) is 0 Å². The van der Waals surface area contributed by atoms with Crippen molar-refractivity contribution >= 4 is 15.9 Å². The summed E-state index contributed by atoms with van der Waals surface area (Å²) in [6, 6.07) is 0.869. The Labute approximate surface area is 111 Å². The molecule has 5 heteroatoms. The second kappa shape index (κ2) is 5.08. The average molecular weight is 302 g/mol. The molecule has 96 valence electrons. The number of halogens is 1. The average Bonchev–Trinajstić information content (AvgIpc) is 2.97. The Balaban J connectivity index is 1.97. The molecular formula is C12H20BrN3O. The number of rotatable bonds is 6. The van der Waals surface area contributed by atoms with Crippen molar-refractivity contribution < 1.29 is 5.11 Å². The van der Waals surface area contributed by atoms with Gasteiger partial charge in [0.2, 0.25) is 0 Å². The zero-order chi connectivity index (χ0) is 12.5. The van der Waals surface area contributed by atoms with Gasteiger partial charge in [-0.1, -0.05) is 0 Å². The number of aromatic nitrogens is 2. The predicted molar refractivity (Wildman–Crippen MR) is 70.9 cm³/mol. The fourth-order valence-electron chi connectivity index (χ4n) is 2.19. The highest BCUT2D eigenvalue weighted by atomic mass is 79.9. The lowest BCUT2D eigenvalue weighted by molar-refractivity contribution is 0.147. The number of hydrogen-bond donors (Lipinski definition) is 2. The maximum Gasteiger partial charge on any atom is 0.0632 e. The van der Waals surface area contributed by atoms with Crippen LogP contribution < -0.4 is 5.32 Å². The van der Waals surface area contributed by atoms with Gasteiger partial charge in [0.15, 0.2) is 0 Å². The van der Waals surface area contributed by atoms with Gasteiger partial charge in [0, 0.05) is 17.8 Å². The molecule has 1 aliphatic carbocycles. The van der Waals surface area contributed by atoms with Crippen LogP contribution in [0, 0.1) is 0 Å². The standard InChI is InChI=1S/C12H20BrN3O/c1-9(16-7-10(13)6-14-16)5-12(2,8-17)15-11-3-4-11/h6-7,9,11,15,17H,3-5,8H2,1-2H3. The molecule has 4 nitrogen and oxygen atoms in total. The molecule has 0 aliphatic heterocycles. The summed E-state index contributed by atoms with van der Waals surface area (Å²) < 4.78 is 2.93. The molecule has 2 N–H and O–H groups in total. The highest BCUT2D eigenvalue weighted by molar-refractivity contribution is 9.10. The Morgan fingerprint density at radius 2 is 2.41 bits per heavy atom. The first-order chi connectivity index (χ1) is 8.02. The highest BCUT2D eigenvalue weighted by Gasteiger charge is 2.33. The zero-order valence-corrected chi connectivity index (χ0v) is 11.9. The van der Waals surface area contributed by atoms with Crippen LogP contribution in [0.3, 0.4) is 0 Å². The number of nitrogens with one attached hydrogen (secondary N) is 1. The van der Waals surface area contributed by atoms with E-state index in [1.165, 1.54) is 12.8 Å². The van der Waals surface area contributed by atoms with Crippen molar-refractivity contribution in [3.8, 4) is 0 Å². The summed E-state index contributed by atoms with van der Waals surface area (Å²) in [6.07, 6.45) is 7.10. The van der Waals surface area contributed by atoms with Crippen molar-refractivity contribution in [1.29, 1.82) is 0 Å². The number of aliphatic hydroxyl groups is 1. The normalized spacial score (nSPS) is 21.2. The largest absolute Gasteiger partial charge is 0.394 e. The minimum Gasteiger partial charge on any atom is -0.394 e. The van der Waals surface area contributed by atoms with Crippen molar-refractivity contribution in [3.05, 3.63) is 16.9 Å². The molecule has 0 amide bonds. The summed E-state index contributed by atoms with van der Waals surface area (Å²) in [6.45, 7) is 4.37. The third-order valence-electron chi connectivity index (χ3n) is 3.25. The van der Waals surface area contributed by atoms with E-state index in [0.29, 0.717) is 6.04 Å². The number of nitrogens with zero attached hydrogens (tertiary/aromatic N) is 2. The van der Waals surface area contributed by atoms with Gasteiger partial charge in [0.05, 0.1) is 23.3 Å². The van der Waals surface area contributed by atoms with Crippen molar-refractivity contribution in [2.75, 3.05) is 6.61 Å². The molecule has 2 unspecified atom stereocenters. The summed E-state index contributed by atoms with van der Waals surface area (Å²) in [4.78, 5) is 0. The number of aliphatic hydroxyl groups excluding tert-OH is 1. The van der Waals surface area contributed by atoms with Gasteiger partial charge in [0.1, 0.15) is 0 Å². The van der Waals surface area contributed by atoms with Crippen LogP contribution in [0.5, 0.6) is 0 Å². The molecule has 1 aromatic rings. The first-order valence-corrected chi connectivity index (χ1v) is 6.90. The van der Waals surface area contributed by atoms with Gasteiger partial charge in [-0.15, -0.1) is 0 Å². The molecule has 1 fully saturated rings. The molecule has 0 saturated heterocycles. The van der Waals surface area contributed by atoms with Crippen molar-refractivity contribution in [2.45, 2.75) is 50.7 Å². The molecular weight excluding hydrogens is 282 g/mol. The second-order valence-corrected chi connectivity index (χ2v) is 6.24. The van der Waals surface area contributed by atoms with E-state index in [1.807, 2.05) is 10.9 Å². The topological polar surface area (TPSA) is 50.1 Å². The van der Waals surface area contributed by atoms with Crippen LogP contribution in [0.2, 0.25) is 0 Å². The fourth-order valence-corrected chi connectivity index (χ4v) is 2.49. The lowest BCUT2D eigenvalue weighted by Crippen LogP contribution is -2.48. The molecule has 2 atom stereocenters. The van der Waals surface area contributed by atoms with Crippen LogP contribution in [0.1, 0.15) is 39.2 Å². The van der Waals surface area contributed by atoms with E-state index in [9.17, 15) is 5.11 Å². The number of hydrogen-bond acceptors (Lipinski definition) is 3. The van der Waals surface area contributed by atoms with E-state index in [-0.39, 0.29) is 18.2 Å². The van der Waals surface area contributed by atoms with Gasteiger partial charge in [-0.2, -0.15) is 5.10 Å². The summed E-state index contributed by atoms with van der Waals surface area (Å²) in [5, 5.41) is 17.4. The lowest BCUT2D eigenvalue weighted by atomic mass is 9.94. The van der Waals surface area contributed by atoms with Gasteiger partial charge < -0.3 is 10.4 Å². The Morgan fingerprint density at radius 1 is 1.71 bits per heavy atom. The molecule has 2 rings (SSSR count). The fraction of sp³-hybridized carbons (Fsp3) is 0.750. The van der Waals surface area contributed by atoms with E-state index in [2.05, 4.69) is 40.2 Å². The zero-order valence-electron chi connectivity index (χ0n) is 10.4. The van der Waals surface area contributed by atoms with Gasteiger partial charge in [0.25, 0.3) is 0 Å². The Kier molecular flexibility index (Phi) is 3.90. The summed E-state index contributed by atoms with van der Waals surface area (Å²) in [7, 11) is 0. The van der Waals surface area contributed by atoms with E-state index in [1.54, 1.807) is 6.20 Å². The Bertz CT molecular complexity index is 378. The molecule has 0 spiro atoms. The molecule has 0 bridgehead atoms. The van der Waals surface area contributed by atoms with Gasteiger partial charge in [-0.05, 0) is 49.0 Å². The van der Waals surface area contributed by atoms with Crippen LogP contribution in [0.15, 0.2) is 16.9 Å².